The summed E-state index contributed by atoms with van der Waals surface area (Å²) in [5.41, 5.74) is 1.87. The third-order valence-corrected chi connectivity index (χ3v) is 4.51. The Kier molecular flexibility index (Phi) is 7.06. The number of aromatic nitrogens is 1. The van der Waals surface area contributed by atoms with Gasteiger partial charge in [-0.1, -0.05) is 41.4 Å². The van der Waals surface area contributed by atoms with Gasteiger partial charge < -0.3 is 17.6 Å². The molecule has 2 rings (SSSR count). The van der Waals surface area contributed by atoms with Crippen LogP contribution in [0, 0.1) is 0 Å². The first-order chi connectivity index (χ1) is 11.6. The highest BCUT2D eigenvalue weighted by atomic mass is 79.9. The molecule has 0 aliphatic heterocycles. The summed E-state index contributed by atoms with van der Waals surface area (Å²) in [5.74, 6) is -0.0493. The van der Waals surface area contributed by atoms with Gasteiger partial charge in [-0.2, -0.15) is 4.57 Å². The van der Waals surface area contributed by atoms with Gasteiger partial charge in [0.25, 0.3) is 0 Å². The van der Waals surface area contributed by atoms with Crippen LogP contribution < -0.4 is 4.57 Å². The topological polar surface area (TPSA) is 33.3 Å². The molecular formula is C19H21BrN2OS. The van der Waals surface area contributed by atoms with E-state index in [1.54, 1.807) is 6.07 Å². The lowest BCUT2D eigenvalue weighted by Gasteiger charge is -2.18. The highest BCUT2D eigenvalue weighted by Gasteiger charge is 2.28. The highest BCUT2D eigenvalue weighted by Crippen LogP contribution is 2.17. The van der Waals surface area contributed by atoms with Gasteiger partial charge >= 0.3 is 0 Å². The summed E-state index contributed by atoms with van der Waals surface area (Å²) >= 11 is 8.84. The molecule has 1 aromatic heterocycles. The van der Waals surface area contributed by atoms with E-state index in [2.05, 4.69) is 27.8 Å². The average Bonchev–Trinajstić information content (AvgIpc) is 2.57. The van der Waals surface area contributed by atoms with Crippen molar-refractivity contribution in [3.8, 4) is 0 Å². The minimum absolute atomic E-state index is 0.0493. The second-order valence-corrected chi connectivity index (χ2v) is 6.83. The van der Waals surface area contributed by atoms with Crippen LogP contribution >= 0.6 is 15.9 Å². The first-order valence-electron chi connectivity index (χ1n) is 8.07. The predicted molar refractivity (Wildman–Crippen MR) is 103 cm³/mol. The van der Waals surface area contributed by atoms with Crippen LogP contribution in [0.25, 0.3) is 0 Å². The normalized spacial score (nSPS) is 12.9. The Morgan fingerprint density at radius 3 is 2.54 bits per heavy atom. The molecule has 0 radical (unpaired) electrons. The van der Waals surface area contributed by atoms with E-state index in [9.17, 15) is 4.79 Å². The third kappa shape index (κ3) is 4.71. The van der Waals surface area contributed by atoms with Crippen molar-refractivity contribution in [2.45, 2.75) is 32.7 Å². The third-order valence-electron chi connectivity index (χ3n) is 3.66. The smallest absolute Gasteiger partial charge is 0.237 e. The molecule has 0 unspecified atom stereocenters. The van der Waals surface area contributed by atoms with Crippen molar-refractivity contribution in [2.75, 3.05) is 6.54 Å². The van der Waals surface area contributed by atoms with Crippen molar-refractivity contribution in [2.24, 2.45) is 4.99 Å². The number of aliphatic imine (C=N–C) groups is 1. The van der Waals surface area contributed by atoms with E-state index in [4.69, 9.17) is 12.6 Å². The molecule has 1 aromatic carbocycles. The lowest BCUT2D eigenvalue weighted by atomic mass is 10.0. The molecule has 24 heavy (non-hydrogen) atoms. The van der Waals surface area contributed by atoms with Crippen molar-refractivity contribution >= 4 is 39.4 Å². The SMILES string of the molecule is CCCc1cc[n+]([C@H](C(=O)c2cccc(Br)c2)C([S-])=NCC)cc1. The molecule has 0 amide bonds. The maximum atomic E-state index is 13.0. The van der Waals surface area contributed by atoms with Gasteiger partial charge in [0, 0.05) is 28.7 Å². The Balaban J connectivity index is 2.41. The van der Waals surface area contributed by atoms with Crippen LogP contribution in [0.5, 0.6) is 0 Å². The molecule has 1 atom stereocenters. The van der Waals surface area contributed by atoms with E-state index in [1.165, 1.54) is 5.56 Å². The number of ketones is 1. The van der Waals surface area contributed by atoms with E-state index in [0.717, 1.165) is 17.3 Å². The van der Waals surface area contributed by atoms with Crippen LogP contribution in [-0.4, -0.2) is 17.4 Å². The molecule has 0 aliphatic carbocycles. The number of aryl methyl sites for hydroxylation is 1. The van der Waals surface area contributed by atoms with Crippen molar-refractivity contribution < 1.29 is 9.36 Å². The van der Waals surface area contributed by atoms with E-state index >= 15 is 0 Å². The highest BCUT2D eigenvalue weighted by molar-refractivity contribution is 9.10. The molecule has 1 heterocycles. The van der Waals surface area contributed by atoms with Gasteiger partial charge in [-0.25, -0.2) is 0 Å². The number of rotatable bonds is 7. The number of halogens is 1. The Labute approximate surface area is 157 Å². The predicted octanol–water partition coefficient (Wildman–Crippen LogP) is 4.08. The average molecular weight is 405 g/mol. The van der Waals surface area contributed by atoms with Gasteiger partial charge in [-0.3, -0.25) is 4.79 Å². The van der Waals surface area contributed by atoms with Gasteiger partial charge in [0.2, 0.25) is 11.8 Å². The van der Waals surface area contributed by atoms with Crippen molar-refractivity contribution in [3.63, 3.8) is 0 Å². The molecule has 2 aromatic rings. The molecule has 5 heteroatoms. The number of Topliss-reactive ketones (excluding diaryl/α,β-unsaturated/α-hetero) is 1. The van der Waals surface area contributed by atoms with Crippen LogP contribution in [0.15, 0.2) is 58.3 Å². The zero-order chi connectivity index (χ0) is 17.5. The zero-order valence-electron chi connectivity index (χ0n) is 13.9. The molecule has 0 saturated carbocycles. The standard InChI is InChI=1S/C19H21BrN2OS/c1-3-6-14-9-11-22(12-10-14)17(19(24)21-4-2)18(23)15-7-5-8-16(20)13-15/h5,7-13,17H,3-4,6H2,1-2H3/t17-/m1/s1. The number of hydrogen-bond donors (Lipinski definition) is 0. The Bertz CT molecular complexity index is 728. The number of carbonyl (C=O) groups is 1. The molecule has 3 nitrogen and oxygen atoms in total. The zero-order valence-corrected chi connectivity index (χ0v) is 16.3. The molecule has 0 N–H and O–H groups in total. The summed E-state index contributed by atoms with van der Waals surface area (Å²) < 4.78 is 2.72. The number of carbonyl (C=O) groups excluding carboxylic acids is 1. The maximum absolute atomic E-state index is 13.0. The summed E-state index contributed by atoms with van der Waals surface area (Å²) in [6.45, 7) is 4.63. The number of pyridine rings is 1. The summed E-state index contributed by atoms with van der Waals surface area (Å²) in [6.07, 6.45) is 5.95. The van der Waals surface area contributed by atoms with Gasteiger partial charge in [0.1, 0.15) is 0 Å². The van der Waals surface area contributed by atoms with Gasteiger partial charge in [-0.15, -0.1) is 0 Å². The lowest BCUT2D eigenvalue weighted by molar-refractivity contribution is -0.692. The van der Waals surface area contributed by atoms with Crippen LogP contribution in [0.3, 0.4) is 0 Å². The second-order valence-electron chi connectivity index (χ2n) is 5.49. The summed E-state index contributed by atoms with van der Waals surface area (Å²) in [6, 6.07) is 10.9. The Morgan fingerprint density at radius 2 is 1.96 bits per heavy atom. The molecule has 0 saturated heterocycles. The van der Waals surface area contributed by atoms with Crippen molar-refractivity contribution in [1.29, 1.82) is 0 Å². The quantitative estimate of drug-likeness (QED) is 0.229. The fourth-order valence-electron chi connectivity index (χ4n) is 2.51. The minimum Gasteiger partial charge on any atom is -0.758 e. The lowest BCUT2D eigenvalue weighted by Crippen LogP contribution is -2.47. The van der Waals surface area contributed by atoms with Gasteiger partial charge in [0.15, 0.2) is 12.4 Å². The van der Waals surface area contributed by atoms with Gasteiger partial charge in [0.05, 0.1) is 0 Å². The van der Waals surface area contributed by atoms with Crippen molar-refractivity contribution in [1.82, 2.24) is 0 Å². The van der Waals surface area contributed by atoms with E-state index in [-0.39, 0.29) is 5.78 Å². The fraction of sp³-hybridized carbons (Fsp3) is 0.316. The molecule has 0 aliphatic rings. The van der Waals surface area contributed by atoms with Crippen LogP contribution in [0.4, 0.5) is 0 Å². The molecular weight excluding hydrogens is 384 g/mol. The Morgan fingerprint density at radius 1 is 1.25 bits per heavy atom. The number of nitrogens with zero attached hydrogens (tertiary/aromatic N) is 2. The first kappa shape index (κ1) is 18.7. The minimum atomic E-state index is -0.593. The summed E-state index contributed by atoms with van der Waals surface area (Å²) in [7, 11) is 0. The molecule has 0 spiro atoms. The summed E-state index contributed by atoms with van der Waals surface area (Å²) in [4.78, 5) is 17.3. The Hall–Kier alpha value is -1.59. The van der Waals surface area contributed by atoms with Gasteiger partial charge in [-0.05, 0) is 36.1 Å². The summed E-state index contributed by atoms with van der Waals surface area (Å²) in [5, 5.41) is 0.413. The van der Waals surface area contributed by atoms with Crippen LogP contribution in [0.1, 0.15) is 42.2 Å². The van der Waals surface area contributed by atoms with Crippen molar-refractivity contribution in [3.05, 3.63) is 64.4 Å². The molecule has 126 valence electrons. The molecule has 0 bridgehead atoms. The second kappa shape index (κ2) is 9.04. The monoisotopic (exact) mass is 404 g/mol. The van der Waals surface area contributed by atoms with E-state index < -0.39 is 6.04 Å². The van der Waals surface area contributed by atoms with E-state index in [0.29, 0.717) is 17.2 Å². The molecule has 0 fully saturated rings. The van der Waals surface area contributed by atoms with E-state index in [1.807, 2.05) is 54.2 Å². The largest absolute Gasteiger partial charge is 0.758 e. The number of benzene rings is 1. The van der Waals surface area contributed by atoms with Crippen LogP contribution in [-0.2, 0) is 19.0 Å². The first-order valence-corrected chi connectivity index (χ1v) is 9.27. The maximum Gasteiger partial charge on any atom is 0.237 e. The fourth-order valence-corrected chi connectivity index (χ4v) is 3.27. The number of hydrogen-bond acceptors (Lipinski definition) is 3. The van der Waals surface area contributed by atoms with Crippen LogP contribution in [0.2, 0.25) is 0 Å².